The largest absolute Gasteiger partial charge is 0.350 e. The van der Waals surface area contributed by atoms with E-state index in [1.54, 1.807) is 10.7 Å². The van der Waals surface area contributed by atoms with Crippen molar-refractivity contribution >= 4 is 11.6 Å². The molecule has 0 radical (unpaired) electrons. The number of hydrogen-bond acceptors (Lipinski definition) is 3. The van der Waals surface area contributed by atoms with Gasteiger partial charge in [0.2, 0.25) is 0 Å². The molecule has 0 bridgehead atoms. The minimum absolute atomic E-state index is 0.0862. The fraction of sp³-hybridized carbons (Fsp3) is 0.500. The summed E-state index contributed by atoms with van der Waals surface area (Å²) in [6, 6.07) is 1.97. The van der Waals surface area contributed by atoms with Crippen LogP contribution in [0.15, 0.2) is 12.3 Å². The van der Waals surface area contributed by atoms with Gasteiger partial charge in [-0.1, -0.05) is 6.42 Å². The van der Waals surface area contributed by atoms with E-state index in [4.69, 9.17) is 0 Å². The van der Waals surface area contributed by atoms with Crippen molar-refractivity contribution < 1.29 is 4.79 Å². The van der Waals surface area contributed by atoms with Crippen LogP contribution in [0.3, 0.4) is 0 Å². The third-order valence-corrected chi connectivity index (χ3v) is 3.78. The van der Waals surface area contributed by atoms with Gasteiger partial charge in [0.1, 0.15) is 5.69 Å². The van der Waals surface area contributed by atoms with Gasteiger partial charge in [-0.3, -0.25) is 4.79 Å². The van der Waals surface area contributed by atoms with E-state index in [9.17, 15) is 4.79 Å². The number of aromatic nitrogens is 3. The van der Waals surface area contributed by atoms with Crippen LogP contribution in [0, 0.1) is 19.8 Å². The number of nitrogens with zero attached hydrogens (tertiary/aromatic N) is 3. The first-order valence-electron chi connectivity index (χ1n) is 6.75. The van der Waals surface area contributed by atoms with E-state index >= 15 is 0 Å². The van der Waals surface area contributed by atoms with Crippen molar-refractivity contribution in [3.8, 4) is 0 Å². The topological polar surface area (TPSA) is 59.3 Å². The van der Waals surface area contributed by atoms with E-state index in [1.807, 2.05) is 19.9 Å². The molecule has 1 aliphatic rings. The van der Waals surface area contributed by atoms with Gasteiger partial charge in [0.25, 0.3) is 5.91 Å². The van der Waals surface area contributed by atoms with Gasteiger partial charge in [-0.25, -0.2) is 9.50 Å². The van der Waals surface area contributed by atoms with E-state index in [1.165, 1.54) is 19.3 Å². The van der Waals surface area contributed by atoms with Crippen molar-refractivity contribution in [2.45, 2.75) is 33.1 Å². The molecule has 1 N–H and O–H groups in total. The molecular weight excluding hydrogens is 240 g/mol. The highest BCUT2D eigenvalue weighted by Gasteiger charge is 2.20. The lowest BCUT2D eigenvalue weighted by Gasteiger charge is -2.25. The molecule has 1 fully saturated rings. The number of nitrogens with one attached hydrogen (secondary N) is 1. The summed E-state index contributed by atoms with van der Waals surface area (Å²) in [5, 5.41) is 7.35. The number of hydrogen-bond donors (Lipinski definition) is 1. The molecule has 0 aromatic carbocycles. The van der Waals surface area contributed by atoms with Gasteiger partial charge in [0, 0.05) is 6.54 Å². The Bertz CT molecular complexity index is 628. The van der Waals surface area contributed by atoms with Gasteiger partial charge in [0.05, 0.1) is 11.9 Å². The second kappa shape index (κ2) is 4.64. The van der Waals surface area contributed by atoms with Crippen LogP contribution in [-0.2, 0) is 0 Å². The predicted octanol–water partition coefficient (Wildman–Crippen LogP) is 1.88. The minimum Gasteiger partial charge on any atom is -0.350 e. The van der Waals surface area contributed by atoms with Gasteiger partial charge in [-0.05, 0) is 44.2 Å². The highest BCUT2D eigenvalue weighted by Crippen LogP contribution is 2.25. The second-order valence-electron chi connectivity index (χ2n) is 5.35. The van der Waals surface area contributed by atoms with Crippen molar-refractivity contribution in [1.82, 2.24) is 19.9 Å². The van der Waals surface area contributed by atoms with Crippen LogP contribution >= 0.6 is 0 Å². The minimum atomic E-state index is -0.0862. The quantitative estimate of drug-likeness (QED) is 0.914. The molecule has 2 aromatic rings. The molecule has 0 atom stereocenters. The third-order valence-electron chi connectivity index (χ3n) is 3.78. The summed E-state index contributed by atoms with van der Waals surface area (Å²) < 4.78 is 1.64. The highest BCUT2D eigenvalue weighted by molar-refractivity contribution is 5.93. The second-order valence-corrected chi connectivity index (χ2v) is 5.35. The van der Waals surface area contributed by atoms with E-state index in [0.717, 1.165) is 23.4 Å². The molecular formula is C14H18N4O. The number of fused-ring (bicyclic) bond motifs is 1. The Balaban J connectivity index is 1.85. The maximum absolute atomic E-state index is 12.2. The molecule has 5 nitrogen and oxygen atoms in total. The Hall–Kier alpha value is -1.91. The zero-order chi connectivity index (χ0) is 13.4. The van der Waals surface area contributed by atoms with Crippen molar-refractivity contribution in [3.05, 3.63) is 29.2 Å². The molecule has 0 unspecified atom stereocenters. The molecule has 1 aliphatic carbocycles. The molecule has 0 aliphatic heterocycles. The Labute approximate surface area is 112 Å². The average Bonchev–Trinajstić information content (AvgIpc) is 2.70. The Morgan fingerprint density at radius 3 is 2.95 bits per heavy atom. The fourth-order valence-corrected chi connectivity index (χ4v) is 2.46. The van der Waals surface area contributed by atoms with Gasteiger partial charge in [0.15, 0.2) is 5.65 Å². The third kappa shape index (κ3) is 2.20. The molecule has 0 saturated heterocycles. The Kier molecular flexibility index (Phi) is 2.97. The number of rotatable bonds is 3. The summed E-state index contributed by atoms with van der Waals surface area (Å²) in [4.78, 5) is 16.5. The summed E-state index contributed by atoms with van der Waals surface area (Å²) in [7, 11) is 0. The van der Waals surface area contributed by atoms with Crippen LogP contribution in [0.2, 0.25) is 0 Å². The monoisotopic (exact) mass is 258 g/mol. The van der Waals surface area contributed by atoms with E-state index in [0.29, 0.717) is 11.6 Å². The van der Waals surface area contributed by atoms with E-state index in [-0.39, 0.29) is 5.91 Å². The molecule has 100 valence electrons. The van der Waals surface area contributed by atoms with Crippen LogP contribution in [0.4, 0.5) is 0 Å². The highest BCUT2D eigenvalue weighted by atomic mass is 16.2. The van der Waals surface area contributed by atoms with Gasteiger partial charge in [-0.2, -0.15) is 5.10 Å². The molecule has 2 heterocycles. The maximum atomic E-state index is 12.2. The maximum Gasteiger partial charge on any atom is 0.271 e. The lowest BCUT2D eigenvalue weighted by atomic mass is 9.85. The Morgan fingerprint density at radius 2 is 2.26 bits per heavy atom. The van der Waals surface area contributed by atoms with Crippen LogP contribution < -0.4 is 5.32 Å². The zero-order valence-electron chi connectivity index (χ0n) is 11.3. The molecule has 1 saturated carbocycles. The number of imidazole rings is 1. The van der Waals surface area contributed by atoms with E-state index < -0.39 is 0 Å². The average molecular weight is 258 g/mol. The van der Waals surface area contributed by atoms with E-state index in [2.05, 4.69) is 15.4 Å². The SMILES string of the molecule is Cc1cc(C)c2ncc(C(=O)NCC3CCC3)n2n1. The van der Waals surface area contributed by atoms with Crippen molar-refractivity contribution in [2.75, 3.05) is 6.54 Å². The standard InChI is InChI=1S/C14H18N4O/c1-9-6-10(2)17-18-12(8-15-13(9)18)14(19)16-7-11-4-3-5-11/h6,8,11H,3-5,7H2,1-2H3,(H,16,19). The van der Waals surface area contributed by atoms with Gasteiger partial charge < -0.3 is 5.32 Å². The van der Waals surface area contributed by atoms with Gasteiger partial charge in [-0.15, -0.1) is 0 Å². The normalized spacial score (nSPS) is 15.5. The molecule has 2 aromatic heterocycles. The predicted molar refractivity (Wildman–Crippen MR) is 72.1 cm³/mol. The molecule has 0 spiro atoms. The number of amides is 1. The first-order chi connectivity index (χ1) is 9.15. The Morgan fingerprint density at radius 1 is 1.47 bits per heavy atom. The summed E-state index contributed by atoms with van der Waals surface area (Å²) in [5.74, 6) is 0.566. The summed E-state index contributed by atoms with van der Waals surface area (Å²) in [6.45, 7) is 4.66. The molecule has 1 amide bonds. The summed E-state index contributed by atoms with van der Waals surface area (Å²) >= 11 is 0. The number of carbonyl (C=O) groups excluding carboxylic acids is 1. The summed E-state index contributed by atoms with van der Waals surface area (Å²) in [6.07, 6.45) is 5.34. The summed E-state index contributed by atoms with van der Waals surface area (Å²) in [5.41, 5.74) is 3.18. The van der Waals surface area contributed by atoms with Crippen LogP contribution in [0.25, 0.3) is 5.65 Å². The first kappa shape index (κ1) is 12.1. The van der Waals surface area contributed by atoms with Gasteiger partial charge >= 0.3 is 0 Å². The fourth-order valence-electron chi connectivity index (χ4n) is 2.46. The lowest BCUT2D eigenvalue weighted by molar-refractivity contribution is 0.0932. The number of aryl methyl sites for hydroxylation is 2. The lowest BCUT2D eigenvalue weighted by Crippen LogP contribution is -2.33. The molecule has 5 heteroatoms. The van der Waals surface area contributed by atoms with Crippen molar-refractivity contribution in [1.29, 1.82) is 0 Å². The molecule has 3 rings (SSSR count). The van der Waals surface area contributed by atoms with Crippen LogP contribution in [0.5, 0.6) is 0 Å². The van der Waals surface area contributed by atoms with Crippen LogP contribution in [-0.4, -0.2) is 27.0 Å². The smallest absolute Gasteiger partial charge is 0.271 e. The van der Waals surface area contributed by atoms with Crippen LogP contribution in [0.1, 0.15) is 41.0 Å². The zero-order valence-corrected chi connectivity index (χ0v) is 11.3. The first-order valence-corrected chi connectivity index (χ1v) is 6.75. The van der Waals surface area contributed by atoms with Crippen molar-refractivity contribution in [3.63, 3.8) is 0 Å². The van der Waals surface area contributed by atoms with Crippen molar-refractivity contribution in [2.24, 2.45) is 5.92 Å². The number of carbonyl (C=O) groups is 1. The molecule has 19 heavy (non-hydrogen) atoms.